The molecule has 1 aliphatic heterocycles. The molecule has 26 heavy (non-hydrogen) atoms. The predicted octanol–water partition coefficient (Wildman–Crippen LogP) is 2.63. The molecule has 0 unspecified atom stereocenters. The smallest absolute Gasteiger partial charge is 0.243 e. The number of nitrogens with zero attached hydrogens (tertiary/aromatic N) is 1. The number of anilines is 2. The van der Waals surface area contributed by atoms with Gasteiger partial charge in [-0.15, -0.1) is 11.8 Å². The maximum atomic E-state index is 13.1. The second kappa shape index (κ2) is 8.18. The first-order chi connectivity index (χ1) is 12.5. The lowest BCUT2D eigenvalue weighted by atomic mass is 10.2. The van der Waals surface area contributed by atoms with Crippen molar-refractivity contribution >= 4 is 35.0 Å². The van der Waals surface area contributed by atoms with Gasteiger partial charge in [0.15, 0.2) is 11.6 Å². The van der Waals surface area contributed by atoms with E-state index in [1.54, 1.807) is 11.8 Å². The van der Waals surface area contributed by atoms with Crippen LogP contribution in [-0.2, 0) is 9.59 Å². The van der Waals surface area contributed by atoms with Crippen LogP contribution in [0.2, 0.25) is 0 Å². The molecule has 0 spiro atoms. The Morgan fingerprint density at radius 3 is 2.69 bits per heavy atom. The number of benzene rings is 2. The van der Waals surface area contributed by atoms with Crippen molar-refractivity contribution in [2.45, 2.75) is 4.90 Å². The van der Waals surface area contributed by atoms with Gasteiger partial charge in [0.25, 0.3) is 0 Å². The van der Waals surface area contributed by atoms with Crippen LogP contribution in [0.4, 0.5) is 20.2 Å². The molecule has 3 rings (SSSR count). The first-order valence-electron chi connectivity index (χ1n) is 8.01. The Morgan fingerprint density at radius 1 is 1.08 bits per heavy atom. The molecule has 1 heterocycles. The van der Waals surface area contributed by atoms with Crippen molar-refractivity contribution in [1.82, 2.24) is 5.32 Å². The molecule has 1 aliphatic rings. The maximum absolute atomic E-state index is 13.1. The van der Waals surface area contributed by atoms with E-state index in [0.29, 0.717) is 0 Å². The van der Waals surface area contributed by atoms with E-state index < -0.39 is 17.5 Å². The van der Waals surface area contributed by atoms with Gasteiger partial charge in [0.1, 0.15) is 0 Å². The van der Waals surface area contributed by atoms with Crippen molar-refractivity contribution < 1.29 is 18.4 Å². The quantitative estimate of drug-likeness (QED) is 0.841. The molecule has 0 radical (unpaired) electrons. The van der Waals surface area contributed by atoms with E-state index in [1.807, 2.05) is 29.2 Å². The van der Waals surface area contributed by atoms with E-state index in [-0.39, 0.29) is 24.7 Å². The Bertz CT molecular complexity index is 832. The van der Waals surface area contributed by atoms with Crippen LogP contribution in [0, 0.1) is 11.6 Å². The molecule has 0 aliphatic carbocycles. The van der Waals surface area contributed by atoms with Crippen LogP contribution in [0.3, 0.4) is 0 Å². The number of fused-ring (bicyclic) bond motifs is 1. The Balaban J connectivity index is 1.50. The number of nitrogens with one attached hydrogen (secondary N) is 2. The van der Waals surface area contributed by atoms with E-state index in [9.17, 15) is 18.4 Å². The van der Waals surface area contributed by atoms with E-state index in [4.69, 9.17) is 0 Å². The molecular formula is C18H17F2N3O2S. The number of amides is 2. The maximum Gasteiger partial charge on any atom is 0.243 e. The van der Waals surface area contributed by atoms with Gasteiger partial charge in [0.2, 0.25) is 11.8 Å². The first kappa shape index (κ1) is 18.2. The summed E-state index contributed by atoms with van der Waals surface area (Å²) in [6.07, 6.45) is 0. The van der Waals surface area contributed by atoms with Crippen molar-refractivity contribution in [2.24, 2.45) is 0 Å². The van der Waals surface area contributed by atoms with Crippen LogP contribution in [0.15, 0.2) is 47.4 Å². The highest BCUT2D eigenvalue weighted by atomic mass is 32.2. The van der Waals surface area contributed by atoms with Crippen molar-refractivity contribution in [3.63, 3.8) is 0 Å². The molecule has 2 aromatic carbocycles. The lowest BCUT2D eigenvalue weighted by Gasteiger charge is -2.30. The molecule has 2 amide bonds. The van der Waals surface area contributed by atoms with Crippen LogP contribution in [-0.4, -0.2) is 37.2 Å². The van der Waals surface area contributed by atoms with Gasteiger partial charge in [0, 0.05) is 28.9 Å². The summed E-state index contributed by atoms with van der Waals surface area (Å²) in [6.45, 7) is 0.647. The van der Waals surface area contributed by atoms with Crippen LogP contribution in [0.5, 0.6) is 0 Å². The largest absolute Gasteiger partial charge is 0.360 e. The highest BCUT2D eigenvalue weighted by molar-refractivity contribution is 7.99. The molecule has 0 saturated carbocycles. The van der Waals surface area contributed by atoms with Gasteiger partial charge in [-0.1, -0.05) is 12.1 Å². The fraction of sp³-hybridized carbons (Fsp3) is 0.222. The molecule has 5 nitrogen and oxygen atoms in total. The highest BCUT2D eigenvalue weighted by Crippen LogP contribution is 2.33. The summed E-state index contributed by atoms with van der Waals surface area (Å²) < 4.78 is 26.0. The highest BCUT2D eigenvalue weighted by Gasteiger charge is 2.19. The average Bonchev–Trinajstić information content (AvgIpc) is 2.63. The van der Waals surface area contributed by atoms with Gasteiger partial charge >= 0.3 is 0 Å². The zero-order valence-corrected chi connectivity index (χ0v) is 14.6. The molecule has 0 atom stereocenters. The molecule has 136 valence electrons. The number of carbonyl (C=O) groups excluding carboxylic acids is 2. The summed E-state index contributed by atoms with van der Waals surface area (Å²) in [5.41, 5.74) is 1.13. The van der Waals surface area contributed by atoms with Crippen LogP contribution in [0.1, 0.15) is 0 Å². The minimum Gasteiger partial charge on any atom is -0.360 e. The van der Waals surface area contributed by atoms with E-state index in [2.05, 4.69) is 10.6 Å². The van der Waals surface area contributed by atoms with Gasteiger partial charge in [0.05, 0.1) is 18.8 Å². The van der Waals surface area contributed by atoms with E-state index in [1.165, 1.54) is 6.07 Å². The van der Waals surface area contributed by atoms with Gasteiger partial charge < -0.3 is 15.5 Å². The fourth-order valence-corrected chi connectivity index (χ4v) is 3.63. The molecular weight excluding hydrogens is 360 g/mol. The van der Waals surface area contributed by atoms with Gasteiger partial charge in [-0.05, 0) is 24.3 Å². The van der Waals surface area contributed by atoms with Gasteiger partial charge in [-0.2, -0.15) is 0 Å². The second-order valence-corrected chi connectivity index (χ2v) is 6.83. The summed E-state index contributed by atoms with van der Waals surface area (Å²) in [5, 5.41) is 4.95. The number of carbonyl (C=O) groups is 2. The molecule has 0 bridgehead atoms. The monoisotopic (exact) mass is 377 g/mol. The van der Waals surface area contributed by atoms with Gasteiger partial charge in [-0.25, -0.2) is 8.78 Å². The Kier molecular flexibility index (Phi) is 5.72. The Labute approximate surface area is 153 Å². The second-order valence-electron chi connectivity index (χ2n) is 5.69. The average molecular weight is 377 g/mol. The first-order valence-corrected chi connectivity index (χ1v) is 9.00. The Morgan fingerprint density at radius 2 is 1.88 bits per heavy atom. The minimum atomic E-state index is -1.05. The van der Waals surface area contributed by atoms with E-state index >= 15 is 0 Å². The number of hydrogen-bond acceptors (Lipinski definition) is 4. The standard InChI is InChI=1S/C18H17F2N3O2S/c19-13-6-5-12(9-14(13)20)22-17(24)10-21-18(25)11-23-7-8-26-16-4-2-1-3-15(16)23/h1-6,9H,7-8,10-11H2,(H,21,25)(H,22,24). The van der Waals surface area contributed by atoms with Crippen molar-refractivity contribution in [2.75, 3.05) is 35.6 Å². The summed E-state index contributed by atoms with van der Waals surface area (Å²) in [4.78, 5) is 27.1. The third-order valence-electron chi connectivity index (χ3n) is 3.81. The zero-order valence-electron chi connectivity index (χ0n) is 13.8. The van der Waals surface area contributed by atoms with Gasteiger partial charge in [-0.3, -0.25) is 9.59 Å². The summed E-state index contributed by atoms with van der Waals surface area (Å²) >= 11 is 1.75. The number of thioether (sulfide) groups is 1. The van der Waals surface area contributed by atoms with Crippen LogP contribution < -0.4 is 15.5 Å². The molecule has 0 fully saturated rings. The lowest BCUT2D eigenvalue weighted by Crippen LogP contribution is -2.42. The minimum absolute atomic E-state index is 0.130. The van der Waals surface area contributed by atoms with Crippen LogP contribution >= 0.6 is 11.8 Å². The van der Waals surface area contributed by atoms with E-state index in [0.717, 1.165) is 35.0 Å². The molecule has 8 heteroatoms. The normalized spacial score (nSPS) is 13.1. The summed E-state index contributed by atoms with van der Waals surface area (Å²) in [5.74, 6) is -1.95. The Hall–Kier alpha value is -2.61. The summed E-state index contributed by atoms with van der Waals surface area (Å²) in [6, 6.07) is 10.9. The topological polar surface area (TPSA) is 61.4 Å². The van der Waals surface area contributed by atoms with Crippen molar-refractivity contribution in [1.29, 1.82) is 0 Å². The number of rotatable bonds is 5. The molecule has 0 saturated heterocycles. The predicted molar refractivity (Wildman–Crippen MR) is 97.4 cm³/mol. The summed E-state index contributed by atoms with van der Waals surface area (Å²) in [7, 11) is 0. The molecule has 2 aromatic rings. The fourth-order valence-electron chi connectivity index (χ4n) is 2.58. The SMILES string of the molecule is O=C(CN1CCSc2ccccc21)NCC(=O)Nc1ccc(F)c(F)c1. The number of halogens is 2. The third-order valence-corrected chi connectivity index (χ3v) is 4.85. The number of hydrogen-bond donors (Lipinski definition) is 2. The molecule has 0 aromatic heterocycles. The van der Waals surface area contributed by atoms with Crippen LogP contribution in [0.25, 0.3) is 0 Å². The van der Waals surface area contributed by atoms with Crippen molar-refractivity contribution in [3.05, 3.63) is 54.1 Å². The molecule has 2 N–H and O–H groups in total. The number of para-hydroxylation sites is 1. The van der Waals surface area contributed by atoms with Crippen molar-refractivity contribution in [3.8, 4) is 0 Å². The third kappa shape index (κ3) is 4.51. The lowest BCUT2D eigenvalue weighted by molar-refractivity contribution is -0.123. The zero-order chi connectivity index (χ0) is 18.5.